The molecule has 4 rings (SSSR count). The molecule has 0 N–H and O–H groups in total. The summed E-state index contributed by atoms with van der Waals surface area (Å²) in [4.78, 5) is 12.6. The van der Waals surface area contributed by atoms with Crippen molar-refractivity contribution in [2.24, 2.45) is 0 Å². The Bertz CT molecular complexity index is 1060. The zero-order valence-electron chi connectivity index (χ0n) is 14.1. The fraction of sp³-hybridized carbons (Fsp3) is 0.100. The molecule has 0 amide bonds. The number of fused-ring (bicyclic) bond motifs is 1. The Hall–Kier alpha value is -3.54. The number of esters is 1. The summed E-state index contributed by atoms with van der Waals surface area (Å²) in [6, 6.07) is 21.1. The predicted octanol–water partition coefficient (Wildman–Crippen LogP) is 3.73. The SMILES string of the molecule is C[C@@H](OC(=O)c1cccc(-n2cnnn2)c1)c1cccc2ccccc12. The molecule has 26 heavy (non-hydrogen) atoms. The zero-order valence-corrected chi connectivity index (χ0v) is 14.1. The first-order valence-corrected chi connectivity index (χ1v) is 8.24. The highest BCUT2D eigenvalue weighted by Crippen LogP contribution is 2.27. The third-order valence-electron chi connectivity index (χ3n) is 4.24. The molecule has 0 bridgehead atoms. The van der Waals surface area contributed by atoms with Gasteiger partial charge in [-0.3, -0.25) is 0 Å². The highest BCUT2D eigenvalue weighted by Gasteiger charge is 2.16. The van der Waals surface area contributed by atoms with Gasteiger partial charge in [-0.05, 0) is 51.9 Å². The minimum absolute atomic E-state index is 0.370. The molecule has 128 valence electrons. The van der Waals surface area contributed by atoms with Gasteiger partial charge in [-0.15, -0.1) is 5.10 Å². The number of carbonyl (C=O) groups excluding carboxylic acids is 1. The fourth-order valence-electron chi connectivity index (χ4n) is 2.95. The molecule has 4 aromatic rings. The lowest BCUT2D eigenvalue weighted by molar-refractivity contribution is 0.0340. The molecule has 0 radical (unpaired) electrons. The molecular weight excluding hydrogens is 328 g/mol. The maximum absolute atomic E-state index is 12.6. The molecule has 0 aliphatic rings. The van der Waals surface area contributed by atoms with Crippen LogP contribution >= 0.6 is 0 Å². The summed E-state index contributed by atoms with van der Waals surface area (Å²) in [5, 5.41) is 13.2. The zero-order chi connectivity index (χ0) is 17.9. The topological polar surface area (TPSA) is 69.9 Å². The summed E-state index contributed by atoms with van der Waals surface area (Å²) < 4.78 is 7.19. The van der Waals surface area contributed by atoms with Crippen molar-refractivity contribution < 1.29 is 9.53 Å². The molecule has 0 aliphatic heterocycles. The summed E-state index contributed by atoms with van der Waals surface area (Å²) in [6.07, 6.45) is 1.11. The van der Waals surface area contributed by atoms with Gasteiger partial charge in [0.15, 0.2) is 0 Å². The van der Waals surface area contributed by atoms with E-state index in [-0.39, 0.29) is 12.1 Å². The van der Waals surface area contributed by atoms with Gasteiger partial charge >= 0.3 is 5.97 Å². The quantitative estimate of drug-likeness (QED) is 0.528. The normalized spacial score (nSPS) is 12.0. The van der Waals surface area contributed by atoms with E-state index in [0.29, 0.717) is 11.3 Å². The van der Waals surface area contributed by atoms with E-state index in [1.807, 2.05) is 55.5 Å². The molecule has 3 aromatic carbocycles. The lowest BCUT2D eigenvalue weighted by atomic mass is 10.0. The number of carbonyl (C=O) groups is 1. The first kappa shape index (κ1) is 16.0. The minimum Gasteiger partial charge on any atom is -0.454 e. The molecule has 6 nitrogen and oxygen atoms in total. The van der Waals surface area contributed by atoms with Gasteiger partial charge < -0.3 is 4.74 Å². The average Bonchev–Trinajstić information content (AvgIpc) is 3.22. The van der Waals surface area contributed by atoms with Crippen molar-refractivity contribution in [3.63, 3.8) is 0 Å². The van der Waals surface area contributed by atoms with Crippen molar-refractivity contribution in [3.05, 3.63) is 84.2 Å². The monoisotopic (exact) mass is 344 g/mol. The van der Waals surface area contributed by atoms with Crippen LogP contribution in [0.3, 0.4) is 0 Å². The van der Waals surface area contributed by atoms with Gasteiger partial charge in [-0.25, -0.2) is 9.48 Å². The fourth-order valence-corrected chi connectivity index (χ4v) is 2.95. The molecule has 1 heterocycles. The lowest BCUT2D eigenvalue weighted by Crippen LogP contribution is -2.10. The van der Waals surface area contributed by atoms with E-state index in [1.54, 1.807) is 18.2 Å². The van der Waals surface area contributed by atoms with Gasteiger partial charge in [0.25, 0.3) is 0 Å². The number of rotatable bonds is 4. The minimum atomic E-state index is -0.389. The number of benzene rings is 3. The summed E-state index contributed by atoms with van der Waals surface area (Å²) in [7, 11) is 0. The van der Waals surface area contributed by atoms with E-state index in [4.69, 9.17) is 4.74 Å². The van der Waals surface area contributed by atoms with Crippen LogP contribution in [0.15, 0.2) is 73.1 Å². The third-order valence-corrected chi connectivity index (χ3v) is 4.24. The molecule has 0 saturated carbocycles. The Kier molecular flexibility index (Phi) is 4.15. The van der Waals surface area contributed by atoms with Crippen LogP contribution in [-0.4, -0.2) is 26.2 Å². The smallest absolute Gasteiger partial charge is 0.338 e. The Labute approximate surface area is 150 Å². The second kappa shape index (κ2) is 6.76. The molecule has 0 unspecified atom stereocenters. The number of hydrogen-bond donors (Lipinski definition) is 0. The van der Waals surface area contributed by atoms with Crippen LogP contribution in [0.1, 0.15) is 28.9 Å². The highest BCUT2D eigenvalue weighted by molar-refractivity contribution is 5.91. The summed E-state index contributed by atoms with van der Waals surface area (Å²) in [5.41, 5.74) is 2.13. The van der Waals surface area contributed by atoms with Crippen molar-refractivity contribution >= 4 is 16.7 Å². The molecule has 0 aliphatic carbocycles. The number of nitrogens with zero attached hydrogens (tertiary/aromatic N) is 4. The van der Waals surface area contributed by atoms with E-state index in [0.717, 1.165) is 16.3 Å². The number of aromatic nitrogens is 4. The van der Waals surface area contributed by atoms with Crippen LogP contribution in [0.4, 0.5) is 0 Å². The van der Waals surface area contributed by atoms with Gasteiger partial charge in [0.1, 0.15) is 12.4 Å². The maximum Gasteiger partial charge on any atom is 0.338 e. The molecule has 1 aromatic heterocycles. The molecule has 0 fully saturated rings. The summed E-state index contributed by atoms with van der Waals surface area (Å²) in [6.45, 7) is 1.88. The molecule has 1 atom stereocenters. The van der Waals surface area contributed by atoms with Gasteiger partial charge in [0, 0.05) is 0 Å². The first-order valence-electron chi connectivity index (χ1n) is 8.24. The molecular formula is C20H16N4O2. The largest absolute Gasteiger partial charge is 0.454 e. The second-order valence-electron chi connectivity index (χ2n) is 5.92. The predicted molar refractivity (Wildman–Crippen MR) is 96.9 cm³/mol. The van der Waals surface area contributed by atoms with Gasteiger partial charge in [0.2, 0.25) is 0 Å². The van der Waals surface area contributed by atoms with Gasteiger partial charge in [-0.1, -0.05) is 48.5 Å². The Morgan fingerprint density at radius 3 is 2.69 bits per heavy atom. The molecule has 6 heteroatoms. The standard InChI is InChI=1S/C20H16N4O2/c1-14(18-11-5-7-15-6-2-3-10-19(15)18)26-20(25)16-8-4-9-17(12-16)24-13-21-22-23-24/h2-14H,1H3/t14-/m1/s1. The summed E-state index contributed by atoms with van der Waals surface area (Å²) in [5.74, 6) is -0.389. The summed E-state index contributed by atoms with van der Waals surface area (Å²) >= 11 is 0. The van der Waals surface area contributed by atoms with Crippen LogP contribution in [0.5, 0.6) is 0 Å². The maximum atomic E-state index is 12.6. The van der Waals surface area contributed by atoms with Crippen molar-refractivity contribution in [3.8, 4) is 5.69 Å². The number of ether oxygens (including phenoxy) is 1. The van der Waals surface area contributed by atoms with Crippen molar-refractivity contribution in [2.45, 2.75) is 13.0 Å². The van der Waals surface area contributed by atoms with E-state index in [1.165, 1.54) is 11.0 Å². The molecule has 0 spiro atoms. The van der Waals surface area contributed by atoms with Gasteiger partial charge in [-0.2, -0.15) is 0 Å². The second-order valence-corrected chi connectivity index (χ2v) is 5.92. The first-order chi connectivity index (χ1) is 12.7. The third kappa shape index (κ3) is 3.04. The van der Waals surface area contributed by atoms with Crippen LogP contribution in [0.25, 0.3) is 16.5 Å². The van der Waals surface area contributed by atoms with Crippen molar-refractivity contribution in [1.82, 2.24) is 20.2 Å². The average molecular weight is 344 g/mol. The van der Waals surface area contributed by atoms with Crippen LogP contribution in [0.2, 0.25) is 0 Å². The van der Waals surface area contributed by atoms with E-state index in [2.05, 4.69) is 15.5 Å². The Balaban J connectivity index is 1.59. The van der Waals surface area contributed by atoms with Crippen molar-refractivity contribution in [1.29, 1.82) is 0 Å². The highest BCUT2D eigenvalue weighted by atomic mass is 16.5. The van der Waals surface area contributed by atoms with E-state index in [9.17, 15) is 4.79 Å². The Morgan fingerprint density at radius 2 is 1.85 bits per heavy atom. The molecule has 0 saturated heterocycles. The van der Waals surface area contributed by atoms with Crippen LogP contribution < -0.4 is 0 Å². The van der Waals surface area contributed by atoms with Crippen LogP contribution in [-0.2, 0) is 4.74 Å². The van der Waals surface area contributed by atoms with E-state index < -0.39 is 0 Å². The number of tetrazole rings is 1. The van der Waals surface area contributed by atoms with Crippen LogP contribution in [0, 0.1) is 0 Å². The van der Waals surface area contributed by atoms with E-state index >= 15 is 0 Å². The lowest BCUT2D eigenvalue weighted by Gasteiger charge is -2.16. The van der Waals surface area contributed by atoms with Crippen molar-refractivity contribution in [2.75, 3.05) is 0 Å². The van der Waals surface area contributed by atoms with Gasteiger partial charge in [0.05, 0.1) is 11.3 Å². The Morgan fingerprint density at radius 1 is 1.04 bits per heavy atom. The number of hydrogen-bond acceptors (Lipinski definition) is 5.